The van der Waals surface area contributed by atoms with E-state index in [2.05, 4.69) is 19.5 Å². The highest BCUT2D eigenvalue weighted by Crippen LogP contribution is 2.16. The minimum atomic E-state index is -4.44. The van der Waals surface area contributed by atoms with Gasteiger partial charge in [0.15, 0.2) is 0 Å². The fraction of sp³-hybridized carbons (Fsp3) is 0. The lowest BCUT2D eigenvalue weighted by Gasteiger charge is -1.98. The molecule has 10 heteroatoms. The van der Waals surface area contributed by atoms with Gasteiger partial charge < -0.3 is 0 Å². The second kappa shape index (κ2) is 6.05. The van der Waals surface area contributed by atoms with Crippen LogP contribution in [0.5, 0.6) is 0 Å². The molecule has 0 bridgehead atoms. The molecule has 0 fully saturated rings. The van der Waals surface area contributed by atoms with Gasteiger partial charge >= 0.3 is 15.2 Å². The average molecular weight is 347 g/mol. The number of hydrogen-bond donors (Lipinski definition) is 0. The van der Waals surface area contributed by atoms with E-state index in [0.717, 1.165) is 18.2 Å². The molecule has 1 aromatic rings. The first-order valence-corrected chi connectivity index (χ1v) is 5.78. The van der Waals surface area contributed by atoms with Crippen molar-refractivity contribution in [2.24, 2.45) is 0 Å². The molecule has 0 atom stereocenters. The number of non-ortho nitro benzene ring substituents is 1. The molecule has 7 nitrogen and oxygen atoms in total. The van der Waals surface area contributed by atoms with Crippen LogP contribution in [-0.4, -0.2) is 18.5 Å². The van der Waals surface area contributed by atoms with Crippen molar-refractivity contribution in [2.75, 3.05) is 0 Å². The summed E-state index contributed by atoms with van der Waals surface area (Å²) in [5, 5.41) is 9.05. The molecule has 0 heterocycles. The van der Waals surface area contributed by atoms with E-state index in [1.165, 1.54) is 6.07 Å². The summed E-state index contributed by atoms with van der Waals surface area (Å²) < 4.78 is 25.8. The van der Waals surface area contributed by atoms with E-state index in [4.69, 9.17) is 0 Å². The Balaban J connectivity index is 0.00000256. The molecule has 0 aliphatic heterocycles. The Morgan fingerprint density at radius 2 is 2.00 bits per heavy atom. The molecule has 1 rings (SSSR count). The van der Waals surface area contributed by atoms with E-state index in [-0.39, 0.29) is 23.7 Å². The van der Waals surface area contributed by atoms with E-state index in [1.807, 2.05) is 0 Å². The number of halogens is 2. The average Bonchev–Trinajstić information content (AvgIpc) is 2.28. The maximum Gasteiger partial charge on any atom is 0.346 e. The number of carbonyl (C=O) groups is 1. The van der Waals surface area contributed by atoms with Crippen molar-refractivity contribution in [1.29, 1.82) is 0 Å². The molecule has 0 radical (unpaired) electrons. The number of nitro benzene ring substituents is 1. The van der Waals surface area contributed by atoms with E-state index in [9.17, 15) is 23.3 Å². The summed E-state index contributed by atoms with van der Waals surface area (Å²) in [6.07, 6.45) is 0. The molecule has 0 N–H and O–H groups in total. The zero-order valence-corrected chi connectivity index (χ0v) is 11.1. The molecular formula is C7H5BrClNO6S. The first kappa shape index (κ1) is 16.0. The van der Waals surface area contributed by atoms with Crippen LogP contribution >= 0.6 is 28.7 Å². The van der Waals surface area contributed by atoms with Crippen LogP contribution in [0.15, 0.2) is 24.3 Å². The minimum absolute atomic E-state index is 0. The van der Waals surface area contributed by atoms with Crippen molar-refractivity contribution >= 4 is 49.6 Å². The van der Waals surface area contributed by atoms with E-state index < -0.39 is 20.2 Å². The highest BCUT2D eigenvalue weighted by atomic mass is 79.9. The van der Waals surface area contributed by atoms with Crippen molar-refractivity contribution in [3.8, 4) is 0 Å². The van der Waals surface area contributed by atoms with Crippen molar-refractivity contribution in [2.45, 2.75) is 0 Å². The Morgan fingerprint density at radius 1 is 1.41 bits per heavy atom. The van der Waals surface area contributed by atoms with Crippen LogP contribution in [0.25, 0.3) is 0 Å². The standard InChI is InChI=1S/C7H4BrNO6S.ClH/c8-15-16(13,14)7(10)5-2-1-3-6(4-5)9(11)12;/h1-4H;1H. The molecule has 0 aliphatic carbocycles. The molecule has 0 unspecified atom stereocenters. The first-order chi connectivity index (χ1) is 7.38. The van der Waals surface area contributed by atoms with Crippen LogP contribution in [0.1, 0.15) is 10.4 Å². The van der Waals surface area contributed by atoms with Crippen LogP contribution in [0.3, 0.4) is 0 Å². The SMILES string of the molecule is Cl.O=C(c1cccc([N+](=O)[O-])c1)S(=O)(=O)OBr. The first-order valence-electron chi connectivity index (χ1n) is 3.72. The smallest absolute Gasteiger partial charge is 0.273 e. The quantitative estimate of drug-likeness (QED) is 0.611. The number of nitrogens with zero attached hydrogens (tertiary/aromatic N) is 1. The molecule has 0 aromatic heterocycles. The van der Waals surface area contributed by atoms with Crippen molar-refractivity contribution < 1.29 is 21.4 Å². The normalized spacial score (nSPS) is 10.4. The van der Waals surface area contributed by atoms with Gasteiger partial charge in [-0.2, -0.15) is 11.7 Å². The molecule has 17 heavy (non-hydrogen) atoms. The van der Waals surface area contributed by atoms with Crippen LogP contribution < -0.4 is 0 Å². The van der Waals surface area contributed by atoms with Gasteiger partial charge in [-0.3, -0.25) is 14.9 Å². The Hall–Kier alpha value is -1.03. The fourth-order valence-electron chi connectivity index (χ4n) is 0.919. The number of nitro groups is 1. The lowest BCUT2D eigenvalue weighted by molar-refractivity contribution is -0.384. The van der Waals surface area contributed by atoms with Gasteiger partial charge in [-0.25, -0.2) is 0 Å². The Bertz CT molecular complexity index is 545. The second-order valence-corrected chi connectivity index (χ2v) is 4.81. The number of carbonyl (C=O) groups excluding carboxylic acids is 1. The molecule has 0 saturated heterocycles. The predicted molar refractivity (Wildman–Crippen MR) is 63.6 cm³/mol. The van der Waals surface area contributed by atoms with E-state index in [1.54, 1.807) is 0 Å². The molecule has 0 amide bonds. The molecular weight excluding hydrogens is 342 g/mol. The fourth-order valence-corrected chi connectivity index (χ4v) is 1.75. The maximum atomic E-state index is 11.3. The highest BCUT2D eigenvalue weighted by molar-refractivity contribution is 9.07. The van der Waals surface area contributed by atoms with Gasteiger partial charge in [0.05, 0.1) is 4.92 Å². The van der Waals surface area contributed by atoms with Crippen LogP contribution in [0.2, 0.25) is 0 Å². The van der Waals surface area contributed by atoms with Crippen molar-refractivity contribution in [3.63, 3.8) is 0 Å². The van der Waals surface area contributed by atoms with Gasteiger partial charge in [0.1, 0.15) is 16.3 Å². The summed E-state index contributed by atoms with van der Waals surface area (Å²) in [5.74, 6) is 0. The van der Waals surface area contributed by atoms with Crippen molar-refractivity contribution in [3.05, 3.63) is 39.9 Å². The molecule has 0 spiro atoms. The van der Waals surface area contributed by atoms with Crippen LogP contribution in [0, 0.1) is 10.1 Å². The Morgan fingerprint density at radius 3 is 2.47 bits per heavy atom. The molecule has 1 aromatic carbocycles. The third kappa shape index (κ3) is 3.73. The zero-order chi connectivity index (χ0) is 12.3. The summed E-state index contributed by atoms with van der Waals surface area (Å²) in [4.78, 5) is 21.0. The summed E-state index contributed by atoms with van der Waals surface area (Å²) >= 11 is 2.17. The van der Waals surface area contributed by atoms with Gasteiger partial charge in [0.25, 0.3) is 5.69 Å². The number of hydrogen-bond acceptors (Lipinski definition) is 6. The van der Waals surface area contributed by atoms with Gasteiger partial charge in [0.2, 0.25) is 0 Å². The largest absolute Gasteiger partial charge is 0.346 e. The topological polar surface area (TPSA) is 104 Å². The van der Waals surface area contributed by atoms with Crippen LogP contribution in [-0.2, 0) is 13.4 Å². The third-order valence-electron chi connectivity index (χ3n) is 1.60. The summed E-state index contributed by atoms with van der Waals surface area (Å²) in [6, 6.07) is 4.33. The summed E-state index contributed by atoms with van der Waals surface area (Å²) in [5.41, 5.74) is -0.718. The number of rotatable bonds is 3. The lowest BCUT2D eigenvalue weighted by Crippen LogP contribution is -2.14. The Labute approximate surface area is 111 Å². The maximum absolute atomic E-state index is 11.3. The minimum Gasteiger partial charge on any atom is -0.273 e. The zero-order valence-electron chi connectivity index (χ0n) is 7.90. The van der Waals surface area contributed by atoms with Gasteiger partial charge in [-0.1, -0.05) is 6.07 Å². The van der Waals surface area contributed by atoms with Crippen LogP contribution in [0.4, 0.5) is 5.69 Å². The van der Waals surface area contributed by atoms with Gasteiger partial charge in [0, 0.05) is 17.7 Å². The second-order valence-electron chi connectivity index (χ2n) is 2.61. The summed E-state index contributed by atoms with van der Waals surface area (Å²) in [7, 11) is -4.44. The van der Waals surface area contributed by atoms with Crippen molar-refractivity contribution in [1.82, 2.24) is 0 Å². The molecule has 94 valence electrons. The third-order valence-corrected chi connectivity index (χ3v) is 3.50. The van der Waals surface area contributed by atoms with Gasteiger partial charge in [-0.05, 0) is 6.07 Å². The molecule has 0 aliphatic rings. The molecule has 0 saturated carbocycles. The monoisotopic (exact) mass is 345 g/mol. The van der Waals surface area contributed by atoms with E-state index >= 15 is 0 Å². The van der Waals surface area contributed by atoms with E-state index in [0.29, 0.717) is 0 Å². The number of benzene rings is 1. The van der Waals surface area contributed by atoms with Gasteiger partial charge in [-0.15, -0.1) is 12.4 Å². The highest BCUT2D eigenvalue weighted by Gasteiger charge is 2.25. The summed E-state index contributed by atoms with van der Waals surface area (Å²) in [6.45, 7) is 0. The predicted octanol–water partition coefficient (Wildman–Crippen LogP) is 1.81. The lowest BCUT2D eigenvalue weighted by atomic mass is 10.2. The Kier molecular flexibility index (Phi) is 5.69.